The van der Waals surface area contributed by atoms with E-state index in [1.165, 1.54) is 12.1 Å². The molecule has 1 unspecified atom stereocenters. The Hall–Kier alpha value is -2.07. The molecular formula is C18H18ClFN2O. The second-order valence-electron chi connectivity index (χ2n) is 5.82. The first-order valence-electron chi connectivity index (χ1n) is 7.66. The molecule has 0 saturated heterocycles. The summed E-state index contributed by atoms with van der Waals surface area (Å²) in [5, 5.41) is 6.51. The number of halogens is 2. The van der Waals surface area contributed by atoms with E-state index in [-0.39, 0.29) is 17.9 Å². The predicted molar refractivity (Wildman–Crippen MR) is 88.7 cm³/mol. The molecule has 3 nitrogen and oxygen atoms in total. The zero-order valence-corrected chi connectivity index (χ0v) is 13.3. The summed E-state index contributed by atoms with van der Waals surface area (Å²) in [6, 6.07) is 13.4. The van der Waals surface area contributed by atoms with E-state index in [1.807, 2.05) is 12.1 Å². The SMILES string of the molecule is O=C(NCc1ccc(Cl)cc1)NC(c1ccc(F)cc1)C1CC1. The normalized spacial score (nSPS) is 15.0. The fraction of sp³-hybridized carbons (Fsp3) is 0.278. The van der Waals surface area contributed by atoms with Crippen molar-refractivity contribution in [2.24, 2.45) is 5.92 Å². The molecular weight excluding hydrogens is 315 g/mol. The van der Waals surface area contributed by atoms with E-state index in [1.54, 1.807) is 24.3 Å². The summed E-state index contributed by atoms with van der Waals surface area (Å²) in [6.45, 7) is 0.434. The number of urea groups is 1. The maximum absolute atomic E-state index is 13.1. The van der Waals surface area contributed by atoms with Crippen molar-refractivity contribution in [3.05, 3.63) is 70.5 Å². The van der Waals surface area contributed by atoms with Crippen molar-refractivity contribution in [1.82, 2.24) is 10.6 Å². The monoisotopic (exact) mass is 332 g/mol. The number of amides is 2. The largest absolute Gasteiger partial charge is 0.334 e. The Labute approximate surface area is 139 Å². The lowest BCUT2D eigenvalue weighted by molar-refractivity contribution is 0.235. The zero-order valence-electron chi connectivity index (χ0n) is 12.6. The molecule has 2 aromatic carbocycles. The molecule has 1 aliphatic rings. The van der Waals surface area contributed by atoms with E-state index in [4.69, 9.17) is 11.6 Å². The van der Waals surface area contributed by atoms with Crippen molar-refractivity contribution >= 4 is 17.6 Å². The van der Waals surface area contributed by atoms with Gasteiger partial charge in [-0.2, -0.15) is 0 Å². The van der Waals surface area contributed by atoms with Gasteiger partial charge in [-0.05, 0) is 54.2 Å². The summed E-state index contributed by atoms with van der Waals surface area (Å²) >= 11 is 5.84. The third-order valence-corrected chi connectivity index (χ3v) is 4.23. The minimum Gasteiger partial charge on any atom is -0.334 e. The van der Waals surface area contributed by atoms with E-state index >= 15 is 0 Å². The van der Waals surface area contributed by atoms with Gasteiger partial charge in [-0.1, -0.05) is 35.9 Å². The second kappa shape index (κ2) is 7.01. The third-order valence-electron chi connectivity index (χ3n) is 3.98. The van der Waals surface area contributed by atoms with Crippen LogP contribution in [0.1, 0.15) is 30.0 Å². The molecule has 1 saturated carbocycles. The minimum atomic E-state index is -0.268. The van der Waals surface area contributed by atoms with Gasteiger partial charge in [0.1, 0.15) is 5.82 Å². The van der Waals surface area contributed by atoms with Crippen LogP contribution < -0.4 is 10.6 Å². The highest BCUT2D eigenvalue weighted by Gasteiger charge is 2.33. The minimum absolute atomic E-state index is 0.0687. The summed E-state index contributed by atoms with van der Waals surface area (Å²) in [5.74, 6) is 0.164. The van der Waals surface area contributed by atoms with Crippen LogP contribution in [-0.4, -0.2) is 6.03 Å². The molecule has 0 spiro atoms. The van der Waals surface area contributed by atoms with Crippen LogP contribution in [-0.2, 0) is 6.54 Å². The first kappa shape index (κ1) is 15.8. The van der Waals surface area contributed by atoms with Gasteiger partial charge in [0, 0.05) is 11.6 Å². The second-order valence-corrected chi connectivity index (χ2v) is 6.26. The van der Waals surface area contributed by atoms with E-state index < -0.39 is 0 Å². The van der Waals surface area contributed by atoms with Gasteiger partial charge in [-0.25, -0.2) is 9.18 Å². The van der Waals surface area contributed by atoms with E-state index in [0.29, 0.717) is 17.5 Å². The fourth-order valence-corrected chi connectivity index (χ4v) is 2.68. The number of nitrogens with one attached hydrogen (secondary N) is 2. The number of rotatable bonds is 5. The Bertz CT molecular complexity index is 668. The number of hydrogen-bond acceptors (Lipinski definition) is 1. The van der Waals surface area contributed by atoms with E-state index in [9.17, 15) is 9.18 Å². The van der Waals surface area contributed by atoms with Crippen molar-refractivity contribution < 1.29 is 9.18 Å². The van der Waals surface area contributed by atoms with Crippen molar-refractivity contribution in [1.29, 1.82) is 0 Å². The molecule has 23 heavy (non-hydrogen) atoms. The van der Waals surface area contributed by atoms with Gasteiger partial charge in [0.05, 0.1) is 6.04 Å². The van der Waals surface area contributed by atoms with Crippen LogP contribution >= 0.6 is 11.6 Å². The molecule has 1 atom stereocenters. The predicted octanol–water partition coefficient (Wildman–Crippen LogP) is 4.43. The lowest BCUT2D eigenvalue weighted by Gasteiger charge is -2.19. The van der Waals surface area contributed by atoms with Crippen molar-refractivity contribution in [2.75, 3.05) is 0 Å². The molecule has 0 radical (unpaired) electrons. The smallest absolute Gasteiger partial charge is 0.315 e. The van der Waals surface area contributed by atoms with Gasteiger partial charge < -0.3 is 10.6 Å². The molecule has 1 aliphatic carbocycles. The highest BCUT2D eigenvalue weighted by atomic mass is 35.5. The molecule has 0 aromatic heterocycles. The Morgan fingerprint density at radius 1 is 1.13 bits per heavy atom. The maximum Gasteiger partial charge on any atom is 0.315 e. The van der Waals surface area contributed by atoms with E-state index in [2.05, 4.69) is 10.6 Å². The van der Waals surface area contributed by atoms with Crippen LogP contribution in [0.4, 0.5) is 9.18 Å². The summed E-state index contributed by atoms with van der Waals surface area (Å²) in [7, 11) is 0. The van der Waals surface area contributed by atoms with Gasteiger partial charge in [0.2, 0.25) is 0 Å². The molecule has 2 N–H and O–H groups in total. The summed E-state index contributed by atoms with van der Waals surface area (Å²) in [4.78, 5) is 12.1. The molecule has 3 rings (SSSR count). The number of carbonyl (C=O) groups excluding carboxylic acids is 1. The van der Waals surface area contributed by atoms with Crippen molar-refractivity contribution in [3.8, 4) is 0 Å². The summed E-state index contributed by atoms with van der Waals surface area (Å²) in [5.41, 5.74) is 1.92. The van der Waals surface area contributed by atoms with Crippen LogP contribution in [0.3, 0.4) is 0 Å². The molecule has 120 valence electrons. The highest BCUT2D eigenvalue weighted by molar-refractivity contribution is 6.30. The number of benzene rings is 2. The first-order valence-corrected chi connectivity index (χ1v) is 8.04. The van der Waals surface area contributed by atoms with Crippen molar-refractivity contribution in [2.45, 2.75) is 25.4 Å². The van der Waals surface area contributed by atoms with Crippen LogP contribution in [0.25, 0.3) is 0 Å². The molecule has 0 bridgehead atoms. The van der Waals surface area contributed by atoms with Crippen LogP contribution in [0.2, 0.25) is 5.02 Å². The fourth-order valence-electron chi connectivity index (χ4n) is 2.55. The van der Waals surface area contributed by atoms with Gasteiger partial charge in [-0.15, -0.1) is 0 Å². The van der Waals surface area contributed by atoms with Gasteiger partial charge in [-0.3, -0.25) is 0 Å². The quantitative estimate of drug-likeness (QED) is 0.835. The molecule has 0 heterocycles. The van der Waals surface area contributed by atoms with Crippen molar-refractivity contribution in [3.63, 3.8) is 0 Å². The van der Waals surface area contributed by atoms with Gasteiger partial charge in [0.25, 0.3) is 0 Å². The average molecular weight is 333 g/mol. The Morgan fingerprint density at radius 3 is 2.39 bits per heavy atom. The molecule has 1 fully saturated rings. The number of hydrogen-bond donors (Lipinski definition) is 2. The average Bonchev–Trinajstić information content (AvgIpc) is 3.38. The summed E-state index contributed by atoms with van der Waals surface area (Å²) in [6.07, 6.45) is 2.17. The lowest BCUT2D eigenvalue weighted by atomic mass is 10.0. The molecule has 2 amide bonds. The molecule has 0 aliphatic heterocycles. The van der Waals surface area contributed by atoms with Gasteiger partial charge in [0.15, 0.2) is 0 Å². The zero-order chi connectivity index (χ0) is 16.2. The molecule has 2 aromatic rings. The van der Waals surface area contributed by atoms with E-state index in [0.717, 1.165) is 24.0 Å². The summed E-state index contributed by atoms with van der Waals surface area (Å²) < 4.78 is 13.1. The van der Waals surface area contributed by atoms with Crippen LogP contribution in [0.15, 0.2) is 48.5 Å². The lowest BCUT2D eigenvalue weighted by Crippen LogP contribution is -2.38. The highest BCUT2D eigenvalue weighted by Crippen LogP contribution is 2.40. The Kier molecular flexibility index (Phi) is 4.82. The molecule has 5 heteroatoms. The topological polar surface area (TPSA) is 41.1 Å². The van der Waals surface area contributed by atoms with Crippen LogP contribution in [0, 0.1) is 11.7 Å². The standard InChI is InChI=1S/C18H18ClFN2O/c19-15-7-1-12(2-8-15)11-21-18(23)22-17(13-3-4-13)14-5-9-16(20)10-6-14/h1-2,5-10,13,17H,3-4,11H2,(H2,21,22,23). The first-order chi connectivity index (χ1) is 11.1. The van der Waals surface area contributed by atoms with Crippen LogP contribution in [0.5, 0.6) is 0 Å². The maximum atomic E-state index is 13.1. The third kappa shape index (κ3) is 4.45. The Morgan fingerprint density at radius 2 is 1.78 bits per heavy atom. The number of carbonyl (C=O) groups is 1. The Balaban J connectivity index is 1.58. The van der Waals surface area contributed by atoms with Gasteiger partial charge >= 0.3 is 6.03 Å².